The Bertz CT molecular complexity index is 360. The zero-order valence-corrected chi connectivity index (χ0v) is 10.8. The molecule has 2 fully saturated rings. The molecule has 0 aliphatic heterocycles. The van der Waals surface area contributed by atoms with Gasteiger partial charge >= 0.3 is 0 Å². The maximum absolute atomic E-state index is 3.77. The summed E-state index contributed by atoms with van der Waals surface area (Å²) in [7, 11) is 0. The molecule has 2 aliphatic rings. The highest BCUT2D eigenvalue weighted by atomic mass is 15.0. The lowest BCUT2D eigenvalue weighted by Crippen LogP contribution is -2.42. The van der Waals surface area contributed by atoms with Crippen LogP contribution in [0.5, 0.6) is 0 Å². The Balaban J connectivity index is 1.43. The van der Waals surface area contributed by atoms with E-state index in [2.05, 4.69) is 42.6 Å². The summed E-state index contributed by atoms with van der Waals surface area (Å²) in [5.74, 6) is 0.811. The van der Waals surface area contributed by atoms with Crippen molar-refractivity contribution in [1.82, 2.24) is 5.32 Å². The van der Waals surface area contributed by atoms with Crippen LogP contribution in [0.4, 0.5) is 0 Å². The molecule has 2 aliphatic carbocycles. The average Bonchev–Trinajstić information content (AvgIpc) is 3.09. The maximum Gasteiger partial charge on any atom is 0.00789 e. The summed E-state index contributed by atoms with van der Waals surface area (Å²) in [5, 5.41) is 3.77. The minimum atomic E-state index is 0.692. The fourth-order valence-corrected chi connectivity index (χ4v) is 2.97. The van der Waals surface area contributed by atoms with Gasteiger partial charge in [0.1, 0.15) is 0 Å². The monoisotopic (exact) mass is 229 g/mol. The van der Waals surface area contributed by atoms with Crippen LogP contribution in [0.3, 0.4) is 0 Å². The van der Waals surface area contributed by atoms with Gasteiger partial charge in [-0.15, -0.1) is 0 Å². The highest BCUT2D eigenvalue weighted by molar-refractivity contribution is 5.22. The first kappa shape index (κ1) is 11.3. The Labute approximate surface area is 105 Å². The second-order valence-corrected chi connectivity index (χ2v) is 6.01. The summed E-state index contributed by atoms with van der Waals surface area (Å²) in [6.07, 6.45) is 6.93. The molecule has 0 saturated heterocycles. The van der Waals surface area contributed by atoms with Gasteiger partial charge < -0.3 is 5.32 Å². The predicted molar refractivity (Wildman–Crippen MR) is 72.2 cm³/mol. The normalized spacial score (nSPS) is 29.7. The highest BCUT2D eigenvalue weighted by Gasteiger charge is 2.41. The SMILES string of the molecule is CCC1(CNC2CC(c3ccccc3)C2)CC1. The van der Waals surface area contributed by atoms with Crippen LogP contribution in [-0.4, -0.2) is 12.6 Å². The van der Waals surface area contributed by atoms with Crippen LogP contribution in [-0.2, 0) is 0 Å². The van der Waals surface area contributed by atoms with Crippen LogP contribution in [0.1, 0.15) is 50.5 Å². The topological polar surface area (TPSA) is 12.0 Å². The molecule has 0 spiro atoms. The first-order valence-electron chi connectivity index (χ1n) is 7.10. The van der Waals surface area contributed by atoms with E-state index < -0.39 is 0 Å². The highest BCUT2D eigenvalue weighted by Crippen LogP contribution is 2.48. The number of hydrogen-bond acceptors (Lipinski definition) is 1. The Morgan fingerprint density at radius 1 is 1.18 bits per heavy atom. The van der Waals surface area contributed by atoms with Gasteiger partial charge in [-0.3, -0.25) is 0 Å². The van der Waals surface area contributed by atoms with Crippen molar-refractivity contribution in [2.45, 2.75) is 51.0 Å². The summed E-state index contributed by atoms with van der Waals surface area (Å²) < 4.78 is 0. The molecule has 2 saturated carbocycles. The van der Waals surface area contributed by atoms with Gasteiger partial charge in [-0.25, -0.2) is 0 Å². The Hall–Kier alpha value is -0.820. The fourth-order valence-electron chi connectivity index (χ4n) is 2.97. The third kappa shape index (κ3) is 2.40. The van der Waals surface area contributed by atoms with Gasteiger partial charge in [0.2, 0.25) is 0 Å². The van der Waals surface area contributed by atoms with Crippen molar-refractivity contribution < 1.29 is 0 Å². The van der Waals surface area contributed by atoms with Crippen LogP contribution < -0.4 is 5.32 Å². The van der Waals surface area contributed by atoms with Crippen molar-refractivity contribution in [3.05, 3.63) is 35.9 Å². The van der Waals surface area contributed by atoms with Crippen LogP contribution >= 0.6 is 0 Å². The van der Waals surface area contributed by atoms with Crippen LogP contribution in [0.2, 0.25) is 0 Å². The molecule has 1 heteroatoms. The van der Waals surface area contributed by atoms with E-state index in [0.717, 1.165) is 12.0 Å². The molecule has 0 heterocycles. The molecule has 1 aromatic rings. The lowest BCUT2D eigenvalue weighted by Gasteiger charge is -2.37. The lowest BCUT2D eigenvalue weighted by molar-refractivity contribution is 0.268. The van der Waals surface area contributed by atoms with Crippen molar-refractivity contribution in [1.29, 1.82) is 0 Å². The average molecular weight is 229 g/mol. The van der Waals surface area contributed by atoms with Crippen molar-refractivity contribution >= 4 is 0 Å². The van der Waals surface area contributed by atoms with Crippen molar-refractivity contribution in [3.63, 3.8) is 0 Å². The van der Waals surface area contributed by atoms with E-state index in [-0.39, 0.29) is 0 Å². The predicted octanol–water partition coefficient (Wildman–Crippen LogP) is 3.71. The molecule has 0 atom stereocenters. The zero-order chi connectivity index (χ0) is 11.7. The van der Waals surface area contributed by atoms with E-state index in [1.807, 2.05) is 0 Å². The zero-order valence-electron chi connectivity index (χ0n) is 10.8. The molecule has 0 amide bonds. The molecule has 3 rings (SSSR count). The third-order valence-corrected chi connectivity index (χ3v) is 4.88. The van der Waals surface area contributed by atoms with Crippen molar-refractivity contribution in [2.75, 3.05) is 6.54 Å². The molecule has 17 heavy (non-hydrogen) atoms. The Morgan fingerprint density at radius 2 is 1.88 bits per heavy atom. The minimum absolute atomic E-state index is 0.692. The fraction of sp³-hybridized carbons (Fsp3) is 0.625. The van der Waals surface area contributed by atoms with E-state index in [9.17, 15) is 0 Å². The Kier molecular flexibility index (Phi) is 2.96. The number of benzene rings is 1. The van der Waals surface area contributed by atoms with Gasteiger partial charge in [0.25, 0.3) is 0 Å². The molecule has 1 aromatic carbocycles. The van der Waals surface area contributed by atoms with Gasteiger partial charge in [-0.2, -0.15) is 0 Å². The van der Waals surface area contributed by atoms with Gasteiger partial charge in [-0.1, -0.05) is 37.3 Å². The molecule has 1 N–H and O–H groups in total. The van der Waals surface area contributed by atoms with E-state index in [0.29, 0.717) is 5.41 Å². The Morgan fingerprint density at radius 3 is 2.47 bits per heavy atom. The molecule has 92 valence electrons. The number of hydrogen-bond donors (Lipinski definition) is 1. The number of nitrogens with one attached hydrogen (secondary N) is 1. The molecule has 0 radical (unpaired) electrons. The maximum atomic E-state index is 3.77. The van der Waals surface area contributed by atoms with Gasteiger partial charge in [0, 0.05) is 12.6 Å². The van der Waals surface area contributed by atoms with Crippen LogP contribution in [0, 0.1) is 5.41 Å². The smallest absolute Gasteiger partial charge is 0.00789 e. The second kappa shape index (κ2) is 4.45. The molecular formula is C16H23N. The van der Waals surface area contributed by atoms with Crippen LogP contribution in [0.15, 0.2) is 30.3 Å². The summed E-state index contributed by atoms with van der Waals surface area (Å²) >= 11 is 0. The summed E-state index contributed by atoms with van der Waals surface area (Å²) in [6.45, 7) is 3.60. The van der Waals surface area contributed by atoms with E-state index in [4.69, 9.17) is 0 Å². The van der Waals surface area contributed by atoms with Gasteiger partial charge in [0.15, 0.2) is 0 Å². The quantitative estimate of drug-likeness (QED) is 0.811. The van der Waals surface area contributed by atoms with Crippen molar-refractivity contribution in [2.24, 2.45) is 5.41 Å². The first-order valence-corrected chi connectivity index (χ1v) is 7.10. The summed E-state index contributed by atoms with van der Waals surface area (Å²) in [5.41, 5.74) is 2.22. The van der Waals surface area contributed by atoms with Crippen LogP contribution in [0.25, 0.3) is 0 Å². The molecular weight excluding hydrogens is 206 g/mol. The first-order chi connectivity index (χ1) is 8.31. The van der Waals surface area contributed by atoms with Gasteiger partial charge in [-0.05, 0) is 49.0 Å². The minimum Gasteiger partial charge on any atom is -0.313 e. The van der Waals surface area contributed by atoms with E-state index in [1.54, 1.807) is 0 Å². The molecule has 1 nitrogen and oxygen atoms in total. The summed E-state index contributed by atoms with van der Waals surface area (Å²) in [4.78, 5) is 0. The molecule has 0 bridgehead atoms. The number of rotatable bonds is 5. The van der Waals surface area contributed by atoms with Crippen molar-refractivity contribution in [3.8, 4) is 0 Å². The molecule has 0 unspecified atom stereocenters. The van der Waals surface area contributed by atoms with Gasteiger partial charge in [0.05, 0.1) is 0 Å². The molecule has 0 aromatic heterocycles. The third-order valence-electron chi connectivity index (χ3n) is 4.88. The van der Waals surface area contributed by atoms with E-state index >= 15 is 0 Å². The lowest BCUT2D eigenvalue weighted by atomic mass is 9.75. The second-order valence-electron chi connectivity index (χ2n) is 6.01. The summed E-state index contributed by atoms with van der Waals surface area (Å²) in [6, 6.07) is 11.8. The van der Waals surface area contributed by atoms with E-state index in [1.165, 1.54) is 44.2 Å². The standard InChI is InChI=1S/C16H23N/c1-2-16(8-9-16)12-17-15-10-14(11-15)13-6-4-3-5-7-13/h3-7,14-15,17H,2,8-12H2,1H3. The largest absolute Gasteiger partial charge is 0.313 e.